The van der Waals surface area contributed by atoms with Crippen LogP contribution in [-0.4, -0.2) is 35.7 Å². The first-order valence-corrected chi connectivity index (χ1v) is 14.3. The molecule has 4 aromatic rings. The van der Waals surface area contributed by atoms with E-state index in [-0.39, 0.29) is 16.1 Å². The largest absolute Gasteiger partial charge is 0.496 e. The van der Waals surface area contributed by atoms with Gasteiger partial charge in [-0.3, -0.25) is 0 Å². The van der Waals surface area contributed by atoms with Crippen molar-refractivity contribution in [3.8, 4) is 11.1 Å². The van der Waals surface area contributed by atoms with Gasteiger partial charge >= 0.3 is 7.12 Å². The van der Waals surface area contributed by atoms with Crippen LogP contribution in [0, 0.1) is 6.92 Å². The Labute approximate surface area is 228 Å². The second-order valence-corrected chi connectivity index (χ2v) is 12.7. The van der Waals surface area contributed by atoms with Crippen molar-refractivity contribution in [1.82, 2.24) is 8.96 Å². The topological polar surface area (TPSA) is 70.4 Å². The molecule has 0 amide bonds. The van der Waals surface area contributed by atoms with E-state index in [1.54, 1.807) is 48.7 Å². The van der Waals surface area contributed by atoms with Crippen LogP contribution < -0.4 is 5.46 Å². The van der Waals surface area contributed by atoms with Crippen molar-refractivity contribution >= 4 is 33.6 Å². The molecule has 0 spiro atoms. The van der Waals surface area contributed by atoms with Crippen molar-refractivity contribution in [3.63, 3.8) is 0 Å². The molecule has 0 atom stereocenters. The first-order chi connectivity index (χ1) is 18.3. The summed E-state index contributed by atoms with van der Waals surface area (Å²) in [6.07, 6.45) is -0.788. The summed E-state index contributed by atoms with van der Waals surface area (Å²) in [5.74, 6) is 0. The number of rotatable bonds is 6. The van der Waals surface area contributed by atoms with Gasteiger partial charge in [0.2, 0.25) is 0 Å². The van der Waals surface area contributed by atoms with Crippen molar-refractivity contribution in [1.29, 1.82) is 0 Å². The van der Waals surface area contributed by atoms with Crippen LogP contribution in [0.4, 0.5) is 8.78 Å². The van der Waals surface area contributed by atoms with E-state index in [4.69, 9.17) is 9.31 Å². The molecule has 1 aliphatic rings. The fourth-order valence-electron chi connectivity index (χ4n) is 4.86. The van der Waals surface area contributed by atoms with Gasteiger partial charge in [0, 0.05) is 33.9 Å². The number of hydrogen-bond donors (Lipinski definition) is 0. The molecule has 0 N–H and O–H groups in total. The predicted molar refractivity (Wildman–Crippen MR) is 149 cm³/mol. The van der Waals surface area contributed by atoms with Gasteiger partial charge in [-0.15, -0.1) is 0 Å². The minimum absolute atomic E-state index is 0.115. The van der Waals surface area contributed by atoms with Crippen LogP contribution in [0.15, 0.2) is 65.7 Å². The van der Waals surface area contributed by atoms with Crippen LogP contribution in [0.3, 0.4) is 0 Å². The van der Waals surface area contributed by atoms with Crippen molar-refractivity contribution in [3.05, 3.63) is 77.6 Å². The minimum atomic E-state index is -4.06. The second-order valence-electron chi connectivity index (χ2n) is 10.9. The number of hydrogen-bond acceptors (Lipinski definition) is 5. The van der Waals surface area contributed by atoms with E-state index in [1.165, 1.54) is 16.1 Å². The first-order valence-electron chi connectivity index (χ1n) is 12.9. The molecule has 10 heteroatoms. The molecule has 2 aromatic heterocycles. The van der Waals surface area contributed by atoms with Gasteiger partial charge in [-0.2, -0.15) is 0 Å². The number of benzene rings is 2. The van der Waals surface area contributed by atoms with Crippen molar-refractivity contribution in [2.45, 2.75) is 70.5 Å². The summed E-state index contributed by atoms with van der Waals surface area (Å²) in [6.45, 7) is 11.5. The molecule has 0 unspecified atom stereocenters. The molecule has 204 valence electrons. The van der Waals surface area contributed by atoms with E-state index >= 15 is 0 Å². The van der Waals surface area contributed by atoms with Crippen molar-refractivity contribution in [2.24, 2.45) is 0 Å². The molecule has 0 radical (unpaired) electrons. The van der Waals surface area contributed by atoms with Crippen molar-refractivity contribution < 1.29 is 26.5 Å². The van der Waals surface area contributed by atoms with E-state index in [9.17, 15) is 17.2 Å². The molecule has 39 heavy (non-hydrogen) atoms. The lowest BCUT2D eigenvalue weighted by Gasteiger charge is -2.32. The smallest absolute Gasteiger partial charge is 0.399 e. The highest BCUT2D eigenvalue weighted by Gasteiger charge is 2.52. The number of nitrogens with zero attached hydrogens (tertiary/aromatic N) is 2. The molecule has 6 nitrogen and oxygen atoms in total. The van der Waals surface area contributed by atoms with Gasteiger partial charge in [0.15, 0.2) is 5.65 Å². The fourth-order valence-corrected chi connectivity index (χ4v) is 6.43. The summed E-state index contributed by atoms with van der Waals surface area (Å²) >= 11 is 0. The molecule has 5 rings (SSSR count). The molecule has 1 fully saturated rings. The lowest BCUT2D eigenvalue weighted by Crippen LogP contribution is -2.41. The van der Waals surface area contributed by atoms with Crippen LogP contribution in [0.2, 0.25) is 0 Å². The zero-order valence-corrected chi connectivity index (χ0v) is 23.6. The zero-order valence-electron chi connectivity index (χ0n) is 22.8. The van der Waals surface area contributed by atoms with Crippen LogP contribution in [0.5, 0.6) is 0 Å². The van der Waals surface area contributed by atoms with Crippen LogP contribution in [-0.2, 0) is 25.8 Å². The minimum Gasteiger partial charge on any atom is -0.399 e. The summed E-state index contributed by atoms with van der Waals surface area (Å²) < 4.78 is 69.1. The number of aryl methyl sites for hydroxylation is 1. The predicted octanol–water partition coefficient (Wildman–Crippen LogP) is 6.05. The van der Waals surface area contributed by atoms with Gasteiger partial charge in [-0.05, 0) is 70.9 Å². The van der Waals surface area contributed by atoms with Crippen molar-refractivity contribution in [2.75, 3.05) is 0 Å². The first kappa shape index (κ1) is 27.5. The number of fused-ring (bicyclic) bond motifs is 1. The molecular weight excluding hydrogens is 521 g/mol. The Hall–Kier alpha value is -3.08. The highest BCUT2D eigenvalue weighted by atomic mass is 32.2. The molecular formula is C29H31BF2N2O4S. The Kier molecular flexibility index (Phi) is 6.72. The van der Waals surface area contributed by atoms with E-state index in [2.05, 4.69) is 4.98 Å². The van der Waals surface area contributed by atoms with Gasteiger partial charge < -0.3 is 9.31 Å². The van der Waals surface area contributed by atoms with E-state index in [1.807, 2.05) is 41.5 Å². The summed E-state index contributed by atoms with van der Waals surface area (Å²) in [7, 11) is -4.79. The maximum atomic E-state index is 14.0. The Morgan fingerprint density at radius 2 is 1.64 bits per heavy atom. The second kappa shape index (κ2) is 9.54. The number of alkyl halides is 2. The van der Waals surface area contributed by atoms with Gasteiger partial charge in [0.1, 0.15) is 0 Å². The lowest BCUT2D eigenvalue weighted by molar-refractivity contribution is 0.00578. The molecule has 1 saturated heterocycles. The zero-order chi connectivity index (χ0) is 28.3. The third kappa shape index (κ3) is 4.58. The van der Waals surface area contributed by atoms with Crippen LogP contribution in [0.1, 0.15) is 57.9 Å². The molecule has 0 bridgehead atoms. The van der Waals surface area contributed by atoms with E-state index < -0.39 is 34.8 Å². The average molecular weight is 552 g/mol. The summed E-state index contributed by atoms with van der Waals surface area (Å²) in [5, 5.41) is 0.515. The number of aromatic nitrogens is 2. The monoisotopic (exact) mass is 552 g/mol. The SMILES string of the molecule is CCc1c(-c2cccc(C(F)F)c2)c2cc(B3OC(C)(C)C(C)(C)O3)cnc2n1S(=O)(=O)c1ccc(C)cc1. The maximum absolute atomic E-state index is 14.0. The third-order valence-electron chi connectivity index (χ3n) is 7.73. The van der Waals surface area contributed by atoms with Gasteiger partial charge in [-0.25, -0.2) is 26.2 Å². The third-order valence-corrected chi connectivity index (χ3v) is 9.47. The molecule has 3 heterocycles. The number of pyridine rings is 1. The Bertz CT molecular complexity index is 1650. The van der Waals surface area contributed by atoms with Gasteiger partial charge in [0.25, 0.3) is 16.4 Å². The molecule has 0 aliphatic carbocycles. The standard InChI is InChI=1S/C29H31BF2N2O4S/c1-7-24-25(19-9-8-10-20(15-19)26(31)32)23-16-21(30-37-28(3,4)29(5,6)38-30)17-33-27(23)34(24)39(35,36)22-13-11-18(2)12-14-22/h8-17,26H,7H2,1-6H3. The van der Waals surface area contributed by atoms with Gasteiger partial charge in [-0.1, -0.05) is 42.8 Å². The fraction of sp³-hybridized carbons (Fsp3) is 0.345. The van der Waals surface area contributed by atoms with Crippen LogP contribution >= 0.6 is 0 Å². The average Bonchev–Trinajstić information content (AvgIpc) is 3.33. The Balaban J connectivity index is 1.80. The summed E-state index contributed by atoms with van der Waals surface area (Å²) in [5.41, 5.74) is 1.91. The Morgan fingerprint density at radius 1 is 1.00 bits per heavy atom. The summed E-state index contributed by atoms with van der Waals surface area (Å²) in [6, 6.07) is 14.4. The summed E-state index contributed by atoms with van der Waals surface area (Å²) in [4.78, 5) is 4.73. The normalized spacial score (nSPS) is 16.9. The van der Waals surface area contributed by atoms with Gasteiger partial charge in [0.05, 0.1) is 16.1 Å². The highest BCUT2D eigenvalue weighted by Crippen LogP contribution is 2.40. The number of halogens is 2. The Morgan fingerprint density at radius 3 is 2.23 bits per heavy atom. The molecule has 0 saturated carbocycles. The molecule has 1 aliphatic heterocycles. The quantitative estimate of drug-likeness (QED) is 0.273. The van der Waals surface area contributed by atoms with E-state index in [0.717, 1.165) is 5.56 Å². The maximum Gasteiger partial charge on any atom is 0.496 e. The highest BCUT2D eigenvalue weighted by molar-refractivity contribution is 7.90. The lowest BCUT2D eigenvalue weighted by atomic mass is 9.79. The van der Waals surface area contributed by atoms with Crippen LogP contribution in [0.25, 0.3) is 22.2 Å². The molecule has 2 aromatic carbocycles. The van der Waals surface area contributed by atoms with E-state index in [0.29, 0.717) is 34.1 Å².